The molecule has 0 aliphatic heterocycles. The fraction of sp³-hybridized carbons (Fsp3) is 0.286. The molecule has 7 heteroatoms. The molecule has 0 aliphatic rings. The lowest BCUT2D eigenvalue weighted by Crippen LogP contribution is -2.20. The molecule has 0 aliphatic carbocycles. The summed E-state index contributed by atoms with van der Waals surface area (Å²) in [6, 6.07) is 7.26. The first-order valence-electron chi connectivity index (χ1n) is 6.43. The molecule has 0 fully saturated rings. The first kappa shape index (κ1) is 16.2. The summed E-state index contributed by atoms with van der Waals surface area (Å²) in [5.41, 5.74) is 0.315. The summed E-state index contributed by atoms with van der Waals surface area (Å²) >= 11 is 0. The van der Waals surface area contributed by atoms with E-state index in [0.717, 1.165) is 0 Å². The molecule has 0 unspecified atom stereocenters. The minimum absolute atomic E-state index is 0.0166. The van der Waals surface area contributed by atoms with Crippen LogP contribution in [0.3, 0.4) is 0 Å². The number of non-ortho nitro benzene ring substituents is 1. The second-order valence-electron chi connectivity index (χ2n) is 4.13. The average molecular weight is 288 g/mol. The van der Waals surface area contributed by atoms with Gasteiger partial charge in [-0.2, -0.15) is 5.26 Å². The van der Waals surface area contributed by atoms with Gasteiger partial charge in [0.15, 0.2) is 0 Å². The van der Waals surface area contributed by atoms with Crippen molar-refractivity contribution in [1.82, 2.24) is 4.90 Å². The Morgan fingerprint density at radius 3 is 2.38 bits per heavy atom. The van der Waals surface area contributed by atoms with E-state index in [1.165, 1.54) is 30.5 Å². The molecular weight excluding hydrogens is 272 g/mol. The zero-order chi connectivity index (χ0) is 15.8. The van der Waals surface area contributed by atoms with Crippen molar-refractivity contribution in [3.63, 3.8) is 0 Å². The lowest BCUT2D eigenvalue weighted by atomic mass is 10.2. The Bertz CT molecular complexity index is 583. The highest BCUT2D eigenvalue weighted by molar-refractivity contribution is 6.06. The summed E-state index contributed by atoms with van der Waals surface area (Å²) in [5, 5.41) is 22.1. The highest BCUT2D eigenvalue weighted by Gasteiger charge is 2.11. The second-order valence-corrected chi connectivity index (χ2v) is 4.13. The molecule has 1 aromatic rings. The molecule has 0 spiro atoms. The normalized spacial score (nSPS) is 10.6. The van der Waals surface area contributed by atoms with Crippen LogP contribution >= 0.6 is 0 Å². The Morgan fingerprint density at radius 2 is 1.95 bits per heavy atom. The van der Waals surface area contributed by atoms with Crippen LogP contribution in [0, 0.1) is 21.4 Å². The average Bonchev–Trinajstić information content (AvgIpc) is 2.49. The van der Waals surface area contributed by atoms with Crippen molar-refractivity contribution in [1.29, 1.82) is 5.26 Å². The van der Waals surface area contributed by atoms with E-state index in [4.69, 9.17) is 5.26 Å². The number of benzene rings is 1. The largest absolute Gasteiger partial charge is 0.377 e. The van der Waals surface area contributed by atoms with E-state index in [2.05, 4.69) is 5.32 Å². The minimum Gasteiger partial charge on any atom is -0.377 e. The van der Waals surface area contributed by atoms with Gasteiger partial charge in [0.05, 0.1) is 4.92 Å². The van der Waals surface area contributed by atoms with E-state index in [9.17, 15) is 14.9 Å². The Hall–Kier alpha value is -2.88. The van der Waals surface area contributed by atoms with Gasteiger partial charge in [-0.3, -0.25) is 14.9 Å². The van der Waals surface area contributed by atoms with Crippen LogP contribution in [0.25, 0.3) is 0 Å². The summed E-state index contributed by atoms with van der Waals surface area (Å²) < 4.78 is 0. The maximum Gasteiger partial charge on any atom is 0.269 e. The van der Waals surface area contributed by atoms with E-state index in [1.807, 2.05) is 24.8 Å². The van der Waals surface area contributed by atoms with Crippen LogP contribution in [-0.2, 0) is 4.79 Å². The molecule has 0 aromatic heterocycles. The minimum atomic E-state index is -0.543. The van der Waals surface area contributed by atoms with Gasteiger partial charge >= 0.3 is 0 Å². The smallest absolute Gasteiger partial charge is 0.269 e. The number of nitro benzene ring substituents is 1. The van der Waals surface area contributed by atoms with Crippen LogP contribution in [0.4, 0.5) is 11.4 Å². The van der Waals surface area contributed by atoms with Gasteiger partial charge in [0.2, 0.25) is 0 Å². The summed E-state index contributed by atoms with van der Waals surface area (Å²) in [5.74, 6) is -0.543. The van der Waals surface area contributed by atoms with Crippen LogP contribution in [0.2, 0.25) is 0 Å². The third-order valence-corrected chi connectivity index (χ3v) is 2.83. The van der Waals surface area contributed by atoms with Crippen molar-refractivity contribution < 1.29 is 9.72 Å². The first-order chi connectivity index (χ1) is 10.0. The first-order valence-corrected chi connectivity index (χ1v) is 6.43. The molecule has 0 heterocycles. The Balaban J connectivity index is 2.83. The molecule has 0 bridgehead atoms. The highest BCUT2D eigenvalue weighted by Crippen LogP contribution is 2.16. The standard InChI is InChI=1S/C14H16N4O3/c1-3-17(4-2)10-11(9-15)14(19)16-12-5-7-13(8-6-12)18(20)21/h5-8,10H,3-4H2,1-2H3,(H,16,19)/b11-10-. The SMILES string of the molecule is CCN(/C=C(/C#N)C(=O)Nc1ccc([N+](=O)[O-])cc1)CC. The molecule has 7 nitrogen and oxygen atoms in total. The zero-order valence-electron chi connectivity index (χ0n) is 11.9. The summed E-state index contributed by atoms with van der Waals surface area (Å²) in [6.45, 7) is 5.21. The summed E-state index contributed by atoms with van der Waals surface area (Å²) in [4.78, 5) is 23.8. The van der Waals surface area contributed by atoms with Gasteiger partial charge in [-0.1, -0.05) is 0 Å². The fourth-order valence-corrected chi connectivity index (χ4v) is 1.59. The van der Waals surface area contributed by atoms with Gasteiger partial charge in [-0.15, -0.1) is 0 Å². The molecule has 0 saturated heterocycles. The summed E-state index contributed by atoms with van der Waals surface area (Å²) in [6.07, 6.45) is 1.50. The van der Waals surface area contributed by atoms with E-state index < -0.39 is 10.8 Å². The van der Waals surface area contributed by atoms with Crippen molar-refractivity contribution >= 4 is 17.3 Å². The number of nitrogens with one attached hydrogen (secondary N) is 1. The molecule has 0 atom stereocenters. The van der Waals surface area contributed by atoms with Crippen LogP contribution in [0.5, 0.6) is 0 Å². The number of carbonyl (C=O) groups is 1. The molecule has 21 heavy (non-hydrogen) atoms. The second kappa shape index (κ2) is 7.65. The lowest BCUT2D eigenvalue weighted by Gasteiger charge is -2.15. The topological polar surface area (TPSA) is 99.3 Å². The highest BCUT2D eigenvalue weighted by atomic mass is 16.6. The number of nitro groups is 1. The van der Waals surface area contributed by atoms with Gasteiger partial charge in [-0.25, -0.2) is 0 Å². The molecule has 110 valence electrons. The molecule has 1 amide bonds. The molecule has 1 rings (SSSR count). The van der Waals surface area contributed by atoms with Gasteiger partial charge in [-0.05, 0) is 26.0 Å². The number of hydrogen-bond acceptors (Lipinski definition) is 5. The number of nitrogens with zero attached hydrogens (tertiary/aromatic N) is 3. The van der Waals surface area contributed by atoms with E-state index in [1.54, 1.807) is 0 Å². The summed E-state index contributed by atoms with van der Waals surface area (Å²) in [7, 11) is 0. The zero-order valence-corrected chi connectivity index (χ0v) is 11.9. The fourth-order valence-electron chi connectivity index (χ4n) is 1.59. The molecule has 0 radical (unpaired) electrons. The Kier molecular flexibility index (Phi) is 5.89. The Labute approximate surface area is 122 Å². The van der Waals surface area contributed by atoms with E-state index in [0.29, 0.717) is 18.8 Å². The third-order valence-electron chi connectivity index (χ3n) is 2.83. The predicted octanol–water partition coefficient (Wildman–Crippen LogP) is 2.28. The monoisotopic (exact) mass is 288 g/mol. The number of rotatable bonds is 6. The molecule has 0 saturated carbocycles. The van der Waals surface area contributed by atoms with Crippen LogP contribution in [0.15, 0.2) is 36.0 Å². The van der Waals surface area contributed by atoms with Gasteiger partial charge in [0, 0.05) is 37.1 Å². The lowest BCUT2D eigenvalue weighted by molar-refractivity contribution is -0.384. The quantitative estimate of drug-likeness (QED) is 0.374. The third kappa shape index (κ3) is 4.62. The molecule has 1 N–H and O–H groups in total. The number of hydrogen-bond donors (Lipinski definition) is 1. The van der Waals surface area contributed by atoms with Crippen molar-refractivity contribution in [2.45, 2.75) is 13.8 Å². The van der Waals surface area contributed by atoms with Crippen molar-refractivity contribution in [2.24, 2.45) is 0 Å². The Morgan fingerprint density at radius 1 is 1.38 bits per heavy atom. The van der Waals surface area contributed by atoms with Crippen LogP contribution < -0.4 is 5.32 Å². The molecular formula is C14H16N4O3. The van der Waals surface area contributed by atoms with Gasteiger partial charge < -0.3 is 10.2 Å². The van der Waals surface area contributed by atoms with Crippen molar-refractivity contribution in [3.05, 3.63) is 46.2 Å². The number of nitriles is 1. The number of carbonyl (C=O) groups excluding carboxylic acids is 1. The molecule has 1 aromatic carbocycles. The van der Waals surface area contributed by atoms with Crippen LogP contribution in [0.1, 0.15) is 13.8 Å². The number of amides is 1. The van der Waals surface area contributed by atoms with E-state index >= 15 is 0 Å². The van der Waals surface area contributed by atoms with Gasteiger partial charge in [0.25, 0.3) is 11.6 Å². The van der Waals surface area contributed by atoms with E-state index in [-0.39, 0.29) is 11.3 Å². The predicted molar refractivity (Wildman–Crippen MR) is 78.3 cm³/mol. The number of anilines is 1. The maximum atomic E-state index is 12.0. The van der Waals surface area contributed by atoms with Crippen molar-refractivity contribution in [3.8, 4) is 6.07 Å². The van der Waals surface area contributed by atoms with Crippen molar-refractivity contribution in [2.75, 3.05) is 18.4 Å². The van der Waals surface area contributed by atoms with Gasteiger partial charge in [0.1, 0.15) is 11.6 Å². The maximum absolute atomic E-state index is 12.0. The van der Waals surface area contributed by atoms with Crippen LogP contribution in [-0.4, -0.2) is 28.8 Å².